The van der Waals surface area contributed by atoms with Gasteiger partial charge in [0.05, 0.1) is 6.00 Å². The highest BCUT2D eigenvalue weighted by atomic mass is 35.5. The molecule has 0 heterocycles. The van der Waals surface area contributed by atoms with Gasteiger partial charge < -0.3 is 10.4 Å². The van der Waals surface area contributed by atoms with Gasteiger partial charge in [-0.15, -0.1) is 11.6 Å². The van der Waals surface area contributed by atoms with Crippen LogP contribution in [0.5, 0.6) is 0 Å². The smallest absolute Gasteiger partial charge is 0.325 e. The van der Waals surface area contributed by atoms with Crippen molar-refractivity contribution in [3.05, 3.63) is 0 Å². The highest BCUT2D eigenvalue weighted by molar-refractivity contribution is 6.18. The van der Waals surface area contributed by atoms with E-state index in [0.29, 0.717) is 0 Å². The number of urea groups is 1. The molecule has 0 bridgehead atoms. The van der Waals surface area contributed by atoms with Gasteiger partial charge in [-0.2, -0.15) is 0 Å². The summed E-state index contributed by atoms with van der Waals surface area (Å²) in [6.45, 7) is 1.16. The summed E-state index contributed by atoms with van der Waals surface area (Å²) in [6, 6.07) is -0.653. The van der Waals surface area contributed by atoms with E-state index in [0.717, 1.165) is 4.90 Å². The molecule has 3 amide bonds. The van der Waals surface area contributed by atoms with Crippen molar-refractivity contribution >= 4 is 23.5 Å². The number of aliphatic hydroxyl groups is 1. The molecule has 2 N–H and O–H groups in total. The van der Waals surface area contributed by atoms with Gasteiger partial charge >= 0.3 is 6.03 Å². The molecular weight excluding hydrogens is 184 g/mol. The van der Waals surface area contributed by atoms with Crippen LogP contribution >= 0.6 is 11.6 Å². The Bertz CT molecular complexity index is 174. The van der Waals surface area contributed by atoms with Crippen molar-refractivity contribution < 1.29 is 14.7 Å². The Morgan fingerprint density at radius 2 is 2.17 bits per heavy atom. The number of nitrogens with one attached hydrogen (secondary N) is 1. The maximum atomic E-state index is 11.0. The zero-order valence-electron chi connectivity index (χ0n) is 6.71. The lowest BCUT2D eigenvalue weighted by atomic mass is 10.5. The second-order valence-corrected chi connectivity index (χ2v) is 2.18. The summed E-state index contributed by atoms with van der Waals surface area (Å²) >= 11 is 5.21. The van der Waals surface area contributed by atoms with Gasteiger partial charge in [0.2, 0.25) is 0 Å². The first-order valence-corrected chi connectivity index (χ1v) is 3.95. The highest BCUT2D eigenvalue weighted by Gasteiger charge is 2.17. The van der Waals surface area contributed by atoms with Gasteiger partial charge in [0.25, 0.3) is 5.91 Å². The first-order chi connectivity index (χ1) is 5.67. The lowest BCUT2D eigenvalue weighted by Crippen LogP contribution is -2.44. The van der Waals surface area contributed by atoms with Crippen LogP contribution in [-0.4, -0.2) is 41.1 Å². The number of aliphatic hydroxyl groups excluding tert-OH is 1. The molecule has 0 radical (unpaired) electrons. The number of halogens is 1. The summed E-state index contributed by atoms with van der Waals surface area (Å²) in [4.78, 5) is 22.7. The van der Waals surface area contributed by atoms with Gasteiger partial charge in [-0.25, -0.2) is 4.79 Å². The van der Waals surface area contributed by atoms with Crippen LogP contribution in [0.4, 0.5) is 4.79 Å². The van der Waals surface area contributed by atoms with Crippen molar-refractivity contribution in [2.45, 2.75) is 6.92 Å². The van der Waals surface area contributed by atoms with E-state index in [1.54, 1.807) is 6.92 Å². The fourth-order valence-corrected chi connectivity index (χ4v) is 0.785. The summed E-state index contributed by atoms with van der Waals surface area (Å²) in [5, 5.41) is 10.7. The summed E-state index contributed by atoms with van der Waals surface area (Å²) in [7, 11) is 0. The molecule has 5 nitrogen and oxygen atoms in total. The molecule has 0 aromatic rings. The van der Waals surface area contributed by atoms with Crippen LogP contribution < -0.4 is 5.32 Å². The van der Waals surface area contributed by atoms with Crippen LogP contribution in [0.1, 0.15) is 6.92 Å². The summed E-state index contributed by atoms with van der Waals surface area (Å²) < 4.78 is 0. The Labute approximate surface area is 75.3 Å². The molecule has 0 saturated heterocycles. The van der Waals surface area contributed by atoms with E-state index in [4.69, 9.17) is 16.7 Å². The van der Waals surface area contributed by atoms with E-state index in [1.165, 1.54) is 0 Å². The zero-order valence-corrected chi connectivity index (χ0v) is 7.47. The monoisotopic (exact) mass is 194 g/mol. The first kappa shape index (κ1) is 11.2. The number of hydrogen-bond donors (Lipinski definition) is 2. The minimum Gasteiger partial charge on any atom is -0.387 e. The number of alkyl halides is 1. The minimum atomic E-state index is -0.677. The van der Waals surface area contributed by atoms with Crippen molar-refractivity contribution in [1.82, 2.24) is 10.2 Å². The van der Waals surface area contributed by atoms with Crippen LogP contribution in [0.2, 0.25) is 0 Å². The topological polar surface area (TPSA) is 69.6 Å². The Morgan fingerprint density at radius 3 is 2.50 bits per heavy atom. The molecule has 0 spiro atoms. The quantitative estimate of drug-likeness (QED) is 0.480. The molecular formula is C6H11ClN2O3. The lowest BCUT2D eigenvalue weighted by molar-refractivity contribution is -0.131. The van der Waals surface area contributed by atoms with Crippen LogP contribution in [0.3, 0.4) is 0 Å². The van der Waals surface area contributed by atoms with Crippen molar-refractivity contribution in [2.24, 2.45) is 0 Å². The van der Waals surface area contributed by atoms with Crippen LogP contribution in [-0.2, 0) is 4.79 Å². The SMILES string of the molecule is CCN(C(=O)CO)C(=O)NCCl. The molecule has 0 rings (SSSR count). The third-order valence-electron chi connectivity index (χ3n) is 1.22. The van der Waals surface area contributed by atoms with Crippen molar-refractivity contribution in [1.29, 1.82) is 0 Å². The summed E-state index contributed by atoms with van der Waals surface area (Å²) in [5.41, 5.74) is 0. The van der Waals surface area contributed by atoms with E-state index in [-0.39, 0.29) is 12.5 Å². The molecule has 6 heteroatoms. The number of nitrogens with zero attached hydrogens (tertiary/aromatic N) is 1. The molecule has 0 fully saturated rings. The standard InChI is InChI=1S/C6H11ClN2O3/c1-2-9(5(11)3-10)6(12)8-4-7/h10H,2-4H2,1H3,(H,8,12). The Balaban J connectivity index is 4.14. The van der Waals surface area contributed by atoms with Crippen LogP contribution in [0.25, 0.3) is 0 Å². The molecule has 0 atom stereocenters. The Kier molecular flexibility index (Phi) is 5.40. The second kappa shape index (κ2) is 5.79. The van der Waals surface area contributed by atoms with Crippen LogP contribution in [0.15, 0.2) is 0 Å². The largest absolute Gasteiger partial charge is 0.387 e. The number of hydrogen-bond acceptors (Lipinski definition) is 3. The molecule has 12 heavy (non-hydrogen) atoms. The Hall–Kier alpha value is -0.810. The zero-order chi connectivity index (χ0) is 9.56. The third-order valence-corrected chi connectivity index (χ3v) is 1.35. The van der Waals surface area contributed by atoms with Crippen molar-refractivity contribution in [2.75, 3.05) is 19.2 Å². The van der Waals surface area contributed by atoms with Crippen molar-refractivity contribution in [3.8, 4) is 0 Å². The minimum absolute atomic E-state index is 0.0615. The average Bonchev–Trinajstić information content (AvgIpc) is 2.06. The molecule has 0 aromatic heterocycles. The van der Waals surface area contributed by atoms with E-state index in [2.05, 4.69) is 5.32 Å². The second-order valence-electron chi connectivity index (χ2n) is 1.91. The van der Waals surface area contributed by atoms with E-state index >= 15 is 0 Å². The molecule has 0 unspecified atom stereocenters. The van der Waals surface area contributed by atoms with E-state index in [9.17, 15) is 9.59 Å². The van der Waals surface area contributed by atoms with Gasteiger partial charge in [-0.3, -0.25) is 9.69 Å². The van der Waals surface area contributed by atoms with Gasteiger partial charge in [0.1, 0.15) is 6.61 Å². The van der Waals surface area contributed by atoms with Gasteiger partial charge in [0.15, 0.2) is 0 Å². The maximum absolute atomic E-state index is 11.0. The maximum Gasteiger partial charge on any atom is 0.325 e. The van der Waals surface area contributed by atoms with E-state index < -0.39 is 18.5 Å². The summed E-state index contributed by atoms with van der Waals surface area (Å²) in [5.74, 6) is -0.639. The number of carbonyl (C=O) groups excluding carboxylic acids is 2. The normalized spacial score (nSPS) is 9.25. The Morgan fingerprint density at radius 1 is 1.58 bits per heavy atom. The molecule has 0 saturated carbocycles. The molecule has 70 valence electrons. The number of amides is 3. The predicted octanol–water partition coefficient (Wildman–Crippen LogP) is -0.267. The lowest BCUT2D eigenvalue weighted by Gasteiger charge is -2.17. The van der Waals surface area contributed by atoms with Gasteiger partial charge in [-0.05, 0) is 6.92 Å². The number of likely N-dealkylation sites (N-methyl/N-ethyl adjacent to an activating group) is 1. The van der Waals surface area contributed by atoms with Crippen molar-refractivity contribution in [3.63, 3.8) is 0 Å². The highest BCUT2D eigenvalue weighted by Crippen LogP contribution is 1.90. The first-order valence-electron chi connectivity index (χ1n) is 3.42. The molecule has 0 aliphatic rings. The fraction of sp³-hybridized carbons (Fsp3) is 0.667. The summed E-state index contributed by atoms with van der Waals surface area (Å²) in [6.07, 6.45) is 0. The number of imide groups is 1. The fourth-order valence-electron chi connectivity index (χ4n) is 0.671. The molecule has 0 aliphatic carbocycles. The van der Waals surface area contributed by atoms with Gasteiger partial charge in [-0.1, -0.05) is 0 Å². The van der Waals surface area contributed by atoms with Crippen LogP contribution in [0, 0.1) is 0 Å². The third kappa shape index (κ3) is 3.06. The number of carbonyl (C=O) groups is 2. The predicted molar refractivity (Wildman–Crippen MR) is 43.7 cm³/mol. The number of rotatable bonds is 3. The van der Waals surface area contributed by atoms with Gasteiger partial charge in [0, 0.05) is 6.54 Å². The molecule has 0 aromatic carbocycles. The van der Waals surface area contributed by atoms with E-state index in [1.807, 2.05) is 0 Å². The average molecular weight is 195 g/mol. The molecule has 0 aliphatic heterocycles.